The maximum absolute atomic E-state index is 14.1. The van der Waals surface area contributed by atoms with E-state index in [9.17, 15) is 13.6 Å². The number of rotatable bonds is 9. The number of aromatic nitrogens is 1. The van der Waals surface area contributed by atoms with Gasteiger partial charge in [-0.25, -0.2) is 13.6 Å². The minimum atomic E-state index is -0.666. The fourth-order valence-corrected chi connectivity index (χ4v) is 6.35. The first-order valence-electron chi connectivity index (χ1n) is 13.0. The van der Waals surface area contributed by atoms with E-state index in [-0.39, 0.29) is 6.42 Å². The first-order chi connectivity index (χ1) is 19.4. The molecule has 1 saturated heterocycles. The molecule has 1 fully saturated rings. The predicted octanol–water partition coefficient (Wildman–Crippen LogP) is 6.52. The highest BCUT2D eigenvalue weighted by Gasteiger charge is 2.23. The van der Waals surface area contributed by atoms with Gasteiger partial charge < -0.3 is 10.1 Å². The monoisotopic (exact) mass is 580 g/mol. The molecule has 1 unspecified atom stereocenters. The van der Waals surface area contributed by atoms with Gasteiger partial charge in [-0.3, -0.25) is 14.6 Å². The van der Waals surface area contributed by atoms with E-state index in [0.29, 0.717) is 11.3 Å². The summed E-state index contributed by atoms with van der Waals surface area (Å²) in [7, 11) is 0. The van der Waals surface area contributed by atoms with Gasteiger partial charge in [-0.05, 0) is 72.8 Å². The molecule has 4 aromatic rings. The smallest absolute Gasteiger partial charge is 0.325 e. The van der Waals surface area contributed by atoms with E-state index in [1.54, 1.807) is 17.5 Å². The molecule has 2 amide bonds. The molecule has 3 heterocycles. The Balaban J connectivity index is 1.40. The van der Waals surface area contributed by atoms with Crippen molar-refractivity contribution in [1.82, 2.24) is 19.9 Å². The minimum absolute atomic E-state index is 0.160. The van der Waals surface area contributed by atoms with Crippen molar-refractivity contribution in [3.05, 3.63) is 106 Å². The average molecular weight is 581 g/mol. The van der Waals surface area contributed by atoms with Crippen molar-refractivity contribution < 1.29 is 18.3 Å². The summed E-state index contributed by atoms with van der Waals surface area (Å²) in [5.74, 6) is -1.33. The van der Waals surface area contributed by atoms with Crippen LogP contribution >= 0.6 is 23.3 Å². The Morgan fingerprint density at radius 3 is 2.62 bits per heavy atom. The molecule has 2 aromatic carbocycles. The van der Waals surface area contributed by atoms with Gasteiger partial charge in [0.05, 0.1) is 24.9 Å². The molecule has 2 aromatic heterocycles. The Kier molecular flexibility index (Phi) is 9.43. The second-order valence-electron chi connectivity index (χ2n) is 9.57. The predicted molar refractivity (Wildman–Crippen MR) is 155 cm³/mol. The Bertz CT molecular complexity index is 1440. The second-order valence-corrected chi connectivity index (χ2v) is 11.6. The molecule has 2 N–H and O–H groups in total. The number of ether oxygens (including phenoxy) is 1. The Morgan fingerprint density at radius 2 is 1.85 bits per heavy atom. The number of hydrogen-bond acceptors (Lipinski definition) is 6. The summed E-state index contributed by atoms with van der Waals surface area (Å²) in [5, 5.41) is 3.00. The van der Waals surface area contributed by atoms with Crippen molar-refractivity contribution in [3.63, 3.8) is 0 Å². The number of carbonyl (C=O) groups is 1. The molecule has 0 spiro atoms. The van der Waals surface area contributed by atoms with Crippen molar-refractivity contribution >= 4 is 29.3 Å². The van der Waals surface area contributed by atoms with Crippen LogP contribution in [0, 0.1) is 18.6 Å². The van der Waals surface area contributed by atoms with Gasteiger partial charge in [-0.15, -0.1) is 11.3 Å². The third-order valence-corrected chi connectivity index (χ3v) is 8.66. The Labute approximate surface area is 240 Å². The molecular weight excluding hydrogens is 550 g/mol. The van der Waals surface area contributed by atoms with E-state index in [4.69, 9.17) is 4.74 Å². The third kappa shape index (κ3) is 7.45. The zero-order valence-corrected chi connectivity index (χ0v) is 23.7. The number of aryl methyl sites for hydroxylation is 1. The number of pyridine rings is 1. The van der Waals surface area contributed by atoms with E-state index >= 15 is 0 Å². The van der Waals surface area contributed by atoms with Gasteiger partial charge in [0.1, 0.15) is 11.6 Å². The molecule has 208 valence electrons. The van der Waals surface area contributed by atoms with Crippen LogP contribution in [0.4, 0.5) is 13.6 Å². The van der Waals surface area contributed by atoms with Crippen molar-refractivity contribution in [2.45, 2.75) is 30.8 Å². The van der Waals surface area contributed by atoms with Crippen LogP contribution in [-0.4, -0.2) is 42.2 Å². The summed E-state index contributed by atoms with van der Waals surface area (Å²) in [4.78, 5) is 23.2. The Morgan fingerprint density at radius 1 is 1.07 bits per heavy atom. The van der Waals surface area contributed by atoms with Crippen molar-refractivity contribution in [2.24, 2.45) is 0 Å². The number of benzene rings is 2. The number of amides is 2. The molecule has 6 nitrogen and oxygen atoms in total. The summed E-state index contributed by atoms with van der Waals surface area (Å²) in [5.41, 5.74) is 2.96. The lowest BCUT2D eigenvalue weighted by Crippen LogP contribution is -2.36. The molecule has 1 aliphatic heterocycles. The Hall–Kier alpha value is -3.31. The van der Waals surface area contributed by atoms with Crippen LogP contribution in [0.3, 0.4) is 0 Å². The molecule has 5 rings (SSSR count). The lowest BCUT2D eigenvalue weighted by atomic mass is 9.98. The maximum Gasteiger partial charge on any atom is 0.325 e. The molecule has 0 radical (unpaired) electrons. The van der Waals surface area contributed by atoms with Crippen LogP contribution in [0.15, 0.2) is 77.8 Å². The van der Waals surface area contributed by atoms with E-state index in [0.717, 1.165) is 59.8 Å². The van der Waals surface area contributed by atoms with Gasteiger partial charge in [-0.2, -0.15) is 0 Å². The van der Waals surface area contributed by atoms with E-state index < -0.39 is 23.7 Å². The second kappa shape index (κ2) is 13.4. The first-order valence-corrected chi connectivity index (χ1v) is 14.7. The maximum atomic E-state index is 14.1. The van der Waals surface area contributed by atoms with Gasteiger partial charge in [0.2, 0.25) is 0 Å². The SMILES string of the molecule is Cc1ccccc1SNC(=O)NC(Cc1cc(F)cc(F)c1)c1ncccc1-c1ccc(CN2CCOCC2)s1. The molecule has 1 atom stereocenters. The number of thiophene rings is 1. The van der Waals surface area contributed by atoms with Gasteiger partial charge >= 0.3 is 6.03 Å². The summed E-state index contributed by atoms with van der Waals surface area (Å²) < 4.78 is 36.4. The van der Waals surface area contributed by atoms with Crippen LogP contribution in [-0.2, 0) is 17.7 Å². The van der Waals surface area contributed by atoms with Crippen LogP contribution in [0.2, 0.25) is 0 Å². The van der Waals surface area contributed by atoms with Gasteiger partial charge in [0, 0.05) is 52.1 Å². The lowest BCUT2D eigenvalue weighted by molar-refractivity contribution is 0.0346. The third-order valence-electron chi connectivity index (χ3n) is 6.59. The molecule has 0 saturated carbocycles. The van der Waals surface area contributed by atoms with E-state index in [2.05, 4.69) is 32.1 Å². The van der Waals surface area contributed by atoms with Crippen molar-refractivity contribution in [3.8, 4) is 10.4 Å². The van der Waals surface area contributed by atoms with Crippen molar-refractivity contribution in [1.29, 1.82) is 0 Å². The minimum Gasteiger partial charge on any atom is -0.379 e. The number of carbonyl (C=O) groups excluding carboxylic acids is 1. The molecule has 40 heavy (non-hydrogen) atoms. The summed E-state index contributed by atoms with van der Waals surface area (Å²) in [6.07, 6.45) is 1.83. The standard InChI is InChI=1S/C30H30F2N4O2S2/c1-20-5-2-3-7-27(20)40-35-30(37)34-26(17-21-15-22(31)18-23(32)16-21)29-25(6-4-10-33-29)28-9-8-24(39-28)19-36-11-13-38-14-12-36/h2-10,15-16,18,26H,11-14,17,19H2,1H3,(H2,34,35,37). The topological polar surface area (TPSA) is 66.5 Å². The number of urea groups is 1. The van der Waals surface area contributed by atoms with Crippen LogP contribution in [0.5, 0.6) is 0 Å². The highest BCUT2D eigenvalue weighted by Crippen LogP contribution is 2.34. The highest BCUT2D eigenvalue weighted by molar-refractivity contribution is 7.98. The first kappa shape index (κ1) is 28.2. The molecule has 0 aliphatic carbocycles. The number of halogens is 2. The molecule has 0 bridgehead atoms. The van der Waals surface area contributed by atoms with Gasteiger partial charge in [0.15, 0.2) is 0 Å². The quantitative estimate of drug-likeness (QED) is 0.221. The fraction of sp³-hybridized carbons (Fsp3) is 0.267. The zero-order valence-electron chi connectivity index (χ0n) is 22.0. The summed E-state index contributed by atoms with van der Waals surface area (Å²) in [6.45, 7) is 6.09. The average Bonchev–Trinajstić information content (AvgIpc) is 3.40. The normalized spacial score (nSPS) is 14.6. The van der Waals surface area contributed by atoms with Crippen LogP contribution < -0.4 is 10.0 Å². The zero-order chi connectivity index (χ0) is 27.9. The van der Waals surface area contributed by atoms with Gasteiger partial charge in [0.25, 0.3) is 0 Å². The fourth-order valence-electron chi connectivity index (χ4n) is 4.63. The molecule has 1 aliphatic rings. The van der Waals surface area contributed by atoms with Gasteiger partial charge in [-0.1, -0.05) is 24.3 Å². The van der Waals surface area contributed by atoms with E-state index in [1.807, 2.05) is 43.3 Å². The summed E-state index contributed by atoms with van der Waals surface area (Å²) in [6, 6.07) is 18.1. The number of nitrogens with one attached hydrogen (secondary N) is 2. The highest BCUT2D eigenvalue weighted by atomic mass is 32.2. The molecule has 10 heteroatoms. The van der Waals surface area contributed by atoms with Crippen LogP contribution in [0.1, 0.15) is 27.7 Å². The van der Waals surface area contributed by atoms with Crippen LogP contribution in [0.25, 0.3) is 10.4 Å². The van der Waals surface area contributed by atoms with Crippen molar-refractivity contribution in [2.75, 3.05) is 26.3 Å². The number of nitrogens with zero attached hydrogens (tertiary/aromatic N) is 2. The lowest BCUT2D eigenvalue weighted by Gasteiger charge is -2.25. The largest absolute Gasteiger partial charge is 0.379 e. The molecular formula is C30H30F2N4O2S2. The van der Waals surface area contributed by atoms with E-state index in [1.165, 1.54) is 29.0 Å². The number of morpholine rings is 1. The number of hydrogen-bond donors (Lipinski definition) is 2. The summed E-state index contributed by atoms with van der Waals surface area (Å²) >= 11 is 2.89.